The molecule has 3 rings (SSSR count). The SMILES string of the molecule is N=C1SC(=CC=Cc2ccccc2)C(=O)N1c1cccc(C(F)(F)F)c1. The fourth-order valence-electron chi connectivity index (χ4n) is 2.37. The van der Waals surface area contributed by atoms with E-state index < -0.39 is 17.6 Å². The van der Waals surface area contributed by atoms with Crippen molar-refractivity contribution in [1.82, 2.24) is 0 Å². The van der Waals surface area contributed by atoms with Crippen LogP contribution in [0.2, 0.25) is 0 Å². The molecule has 3 nitrogen and oxygen atoms in total. The van der Waals surface area contributed by atoms with Crippen molar-refractivity contribution < 1.29 is 18.0 Å². The van der Waals surface area contributed by atoms with E-state index in [0.29, 0.717) is 0 Å². The molecule has 26 heavy (non-hydrogen) atoms. The van der Waals surface area contributed by atoms with Crippen LogP contribution >= 0.6 is 11.8 Å². The predicted molar refractivity (Wildman–Crippen MR) is 97.8 cm³/mol. The number of nitrogens with one attached hydrogen (secondary N) is 1. The van der Waals surface area contributed by atoms with Crippen molar-refractivity contribution in [2.75, 3.05) is 4.90 Å². The number of thioether (sulfide) groups is 1. The fraction of sp³-hybridized carbons (Fsp3) is 0.0526. The lowest BCUT2D eigenvalue weighted by Gasteiger charge is -2.16. The highest BCUT2D eigenvalue weighted by atomic mass is 32.2. The quantitative estimate of drug-likeness (QED) is 0.739. The maximum absolute atomic E-state index is 12.9. The van der Waals surface area contributed by atoms with Gasteiger partial charge >= 0.3 is 6.18 Å². The second kappa shape index (κ2) is 7.21. The van der Waals surface area contributed by atoms with Crippen molar-refractivity contribution in [3.63, 3.8) is 0 Å². The Bertz CT molecular complexity index is 905. The van der Waals surface area contributed by atoms with Gasteiger partial charge in [-0.3, -0.25) is 15.1 Å². The van der Waals surface area contributed by atoms with Gasteiger partial charge in [-0.25, -0.2) is 0 Å². The van der Waals surface area contributed by atoms with E-state index in [2.05, 4.69) is 0 Å². The Kier molecular flexibility index (Phi) is 4.99. The Morgan fingerprint density at radius 1 is 1.04 bits per heavy atom. The van der Waals surface area contributed by atoms with Crippen molar-refractivity contribution in [3.05, 3.63) is 82.8 Å². The first kappa shape index (κ1) is 18.0. The fourth-order valence-corrected chi connectivity index (χ4v) is 3.18. The number of amides is 1. The highest BCUT2D eigenvalue weighted by molar-refractivity contribution is 8.19. The van der Waals surface area contributed by atoms with E-state index >= 15 is 0 Å². The van der Waals surface area contributed by atoms with E-state index in [-0.39, 0.29) is 15.8 Å². The minimum Gasteiger partial charge on any atom is -0.278 e. The molecule has 1 heterocycles. The second-order valence-electron chi connectivity index (χ2n) is 5.40. The van der Waals surface area contributed by atoms with Crippen LogP contribution in [0.1, 0.15) is 11.1 Å². The molecule has 0 radical (unpaired) electrons. The lowest BCUT2D eigenvalue weighted by atomic mass is 10.2. The van der Waals surface area contributed by atoms with Gasteiger partial charge in [0, 0.05) is 0 Å². The molecular formula is C19H13F3N2OS. The number of nitrogens with zero attached hydrogens (tertiary/aromatic N) is 1. The smallest absolute Gasteiger partial charge is 0.278 e. The van der Waals surface area contributed by atoms with Crippen molar-refractivity contribution >= 4 is 34.6 Å². The number of carbonyl (C=O) groups excluding carboxylic acids is 1. The maximum atomic E-state index is 12.9. The molecule has 1 amide bonds. The van der Waals surface area contributed by atoms with Crippen LogP contribution in [0.3, 0.4) is 0 Å². The first-order chi connectivity index (χ1) is 12.4. The summed E-state index contributed by atoms with van der Waals surface area (Å²) >= 11 is 0.913. The van der Waals surface area contributed by atoms with Gasteiger partial charge in [-0.1, -0.05) is 48.6 Å². The van der Waals surface area contributed by atoms with Crippen LogP contribution in [-0.2, 0) is 11.0 Å². The van der Waals surface area contributed by atoms with Crippen LogP contribution in [0.4, 0.5) is 18.9 Å². The van der Waals surface area contributed by atoms with Crippen LogP contribution in [-0.4, -0.2) is 11.1 Å². The van der Waals surface area contributed by atoms with Crippen molar-refractivity contribution in [2.24, 2.45) is 0 Å². The number of anilines is 1. The standard InChI is InChI=1S/C19H13F3N2OS/c20-19(21,22)14-9-5-10-15(12-14)24-17(25)16(26-18(24)23)11-4-8-13-6-2-1-3-7-13/h1-12,23H. The van der Waals surface area contributed by atoms with Crippen molar-refractivity contribution in [3.8, 4) is 0 Å². The highest BCUT2D eigenvalue weighted by Gasteiger charge is 2.35. The number of rotatable bonds is 3. The number of hydrogen-bond donors (Lipinski definition) is 1. The Balaban J connectivity index is 1.83. The molecule has 0 spiro atoms. The number of hydrogen-bond acceptors (Lipinski definition) is 3. The van der Waals surface area contributed by atoms with Gasteiger partial charge in [0.2, 0.25) is 0 Å². The number of halogens is 3. The monoisotopic (exact) mass is 374 g/mol. The van der Waals surface area contributed by atoms with Crippen LogP contribution in [0, 0.1) is 5.41 Å². The Hall–Kier alpha value is -2.80. The zero-order chi connectivity index (χ0) is 18.7. The minimum atomic E-state index is -4.51. The van der Waals surface area contributed by atoms with Crippen molar-refractivity contribution in [2.45, 2.75) is 6.18 Å². The molecule has 0 unspecified atom stereocenters. The lowest BCUT2D eigenvalue weighted by molar-refractivity contribution is -0.137. The average molecular weight is 374 g/mol. The summed E-state index contributed by atoms with van der Waals surface area (Å²) in [4.78, 5) is 13.8. The molecule has 2 aromatic carbocycles. The molecule has 0 bridgehead atoms. The van der Waals surface area contributed by atoms with Gasteiger partial charge < -0.3 is 0 Å². The van der Waals surface area contributed by atoms with Crippen LogP contribution < -0.4 is 4.90 Å². The van der Waals surface area contributed by atoms with Gasteiger partial charge in [0.25, 0.3) is 5.91 Å². The first-order valence-corrected chi connectivity index (χ1v) is 8.39. The van der Waals surface area contributed by atoms with E-state index in [1.165, 1.54) is 12.1 Å². The Morgan fingerprint density at radius 3 is 2.46 bits per heavy atom. The van der Waals surface area contributed by atoms with Gasteiger partial charge in [0.15, 0.2) is 5.17 Å². The molecule has 1 aliphatic rings. The van der Waals surface area contributed by atoms with Crippen LogP contribution in [0.25, 0.3) is 6.08 Å². The lowest BCUT2D eigenvalue weighted by Crippen LogP contribution is -2.28. The van der Waals surface area contributed by atoms with E-state index in [9.17, 15) is 18.0 Å². The topological polar surface area (TPSA) is 44.2 Å². The molecule has 1 fully saturated rings. The molecule has 1 N–H and O–H groups in total. The third-order valence-corrected chi connectivity index (χ3v) is 4.50. The summed E-state index contributed by atoms with van der Waals surface area (Å²) in [7, 11) is 0. The number of benzene rings is 2. The Labute approximate surface area is 152 Å². The van der Waals surface area contributed by atoms with Gasteiger partial charge in [-0.05, 0) is 41.6 Å². The largest absolute Gasteiger partial charge is 0.416 e. The number of carbonyl (C=O) groups is 1. The van der Waals surface area contributed by atoms with Gasteiger partial charge in [-0.15, -0.1) is 0 Å². The number of alkyl halides is 3. The summed E-state index contributed by atoms with van der Waals surface area (Å²) in [6.45, 7) is 0. The molecule has 0 aliphatic carbocycles. The maximum Gasteiger partial charge on any atom is 0.416 e. The molecule has 1 aliphatic heterocycles. The van der Waals surface area contributed by atoms with Gasteiger partial charge in [0.1, 0.15) is 0 Å². The molecule has 0 atom stereocenters. The van der Waals surface area contributed by atoms with Crippen LogP contribution in [0.15, 0.2) is 71.7 Å². The van der Waals surface area contributed by atoms with Gasteiger partial charge in [-0.2, -0.15) is 13.2 Å². The summed E-state index contributed by atoms with van der Waals surface area (Å²) in [6, 6.07) is 13.9. The van der Waals surface area contributed by atoms with E-state index in [1.54, 1.807) is 18.2 Å². The van der Waals surface area contributed by atoms with Gasteiger partial charge in [0.05, 0.1) is 16.2 Å². The summed E-state index contributed by atoms with van der Waals surface area (Å²) < 4.78 is 38.6. The molecule has 7 heteroatoms. The van der Waals surface area contributed by atoms with E-state index in [0.717, 1.165) is 34.4 Å². The predicted octanol–water partition coefficient (Wildman–Crippen LogP) is 5.32. The first-order valence-electron chi connectivity index (χ1n) is 7.58. The van der Waals surface area contributed by atoms with Crippen LogP contribution in [0.5, 0.6) is 0 Å². The summed E-state index contributed by atoms with van der Waals surface area (Å²) in [5.41, 5.74) is 0.115. The zero-order valence-electron chi connectivity index (χ0n) is 13.3. The third kappa shape index (κ3) is 3.88. The third-order valence-electron chi connectivity index (χ3n) is 3.59. The Morgan fingerprint density at radius 2 is 1.77 bits per heavy atom. The normalized spacial score (nSPS) is 16.9. The van der Waals surface area contributed by atoms with E-state index in [1.807, 2.05) is 30.3 Å². The van der Waals surface area contributed by atoms with E-state index in [4.69, 9.17) is 5.41 Å². The second-order valence-corrected chi connectivity index (χ2v) is 6.43. The molecule has 0 aromatic heterocycles. The minimum absolute atomic E-state index is 0.0257. The molecule has 0 saturated carbocycles. The number of amidine groups is 1. The highest BCUT2D eigenvalue weighted by Crippen LogP contribution is 2.37. The summed E-state index contributed by atoms with van der Waals surface area (Å²) in [5.74, 6) is -0.517. The molecular weight excluding hydrogens is 361 g/mol. The summed E-state index contributed by atoms with van der Waals surface area (Å²) in [5, 5.41) is 7.82. The summed E-state index contributed by atoms with van der Waals surface area (Å²) in [6.07, 6.45) is 0.531. The molecule has 2 aromatic rings. The molecule has 132 valence electrons. The zero-order valence-corrected chi connectivity index (χ0v) is 14.1. The van der Waals surface area contributed by atoms with Crippen molar-refractivity contribution in [1.29, 1.82) is 5.41 Å². The average Bonchev–Trinajstić information content (AvgIpc) is 2.89. The number of allylic oxidation sites excluding steroid dienone is 2. The molecule has 1 saturated heterocycles.